The first-order valence-corrected chi connectivity index (χ1v) is 11.5. The van der Waals surface area contributed by atoms with Crippen LogP contribution < -0.4 is 4.90 Å². The van der Waals surface area contributed by atoms with Crippen LogP contribution in [0.15, 0.2) is 47.4 Å². The molecule has 0 amide bonds. The van der Waals surface area contributed by atoms with Gasteiger partial charge in [-0.25, -0.2) is 8.42 Å². The lowest BCUT2D eigenvalue weighted by atomic mass is 9.87. The van der Waals surface area contributed by atoms with E-state index in [0.717, 1.165) is 19.3 Å². The van der Waals surface area contributed by atoms with Crippen molar-refractivity contribution in [2.24, 2.45) is 0 Å². The summed E-state index contributed by atoms with van der Waals surface area (Å²) in [6.45, 7) is 1.12. The fourth-order valence-corrected chi connectivity index (χ4v) is 5.90. The van der Waals surface area contributed by atoms with E-state index in [1.54, 1.807) is 6.07 Å². The number of nitrogens with zero attached hydrogens (tertiary/aromatic N) is 3. The molecular formula is C21H25N3O5S. The topological polar surface area (TPSA) is 93.0 Å². The Hall–Kier alpha value is -2.49. The molecule has 1 aliphatic carbocycles. The van der Waals surface area contributed by atoms with Gasteiger partial charge in [0.25, 0.3) is 5.69 Å². The number of fused-ring (bicyclic) bond motifs is 1. The van der Waals surface area contributed by atoms with Crippen LogP contribution in [-0.4, -0.2) is 57.0 Å². The van der Waals surface area contributed by atoms with Crippen molar-refractivity contribution in [2.45, 2.75) is 30.2 Å². The van der Waals surface area contributed by atoms with E-state index in [2.05, 4.69) is 12.1 Å². The Morgan fingerprint density at radius 2 is 1.83 bits per heavy atom. The van der Waals surface area contributed by atoms with Crippen molar-refractivity contribution in [1.29, 1.82) is 0 Å². The lowest BCUT2D eigenvalue weighted by Crippen LogP contribution is -2.42. The fourth-order valence-electron chi connectivity index (χ4n) is 4.25. The molecule has 4 rings (SSSR count). The lowest BCUT2D eigenvalue weighted by Gasteiger charge is -2.35. The van der Waals surface area contributed by atoms with Crippen LogP contribution in [0.1, 0.15) is 17.5 Å². The Kier molecular flexibility index (Phi) is 5.77. The van der Waals surface area contributed by atoms with Gasteiger partial charge in [-0.1, -0.05) is 24.3 Å². The second-order valence-corrected chi connectivity index (χ2v) is 9.61. The highest BCUT2D eigenvalue weighted by atomic mass is 32.2. The Balaban J connectivity index is 1.71. The molecule has 30 heavy (non-hydrogen) atoms. The standard InChI is InChI=1S/C21H25N3O5S/c1-22(18-7-6-16-4-2-3-5-17(16)14-18)20-9-8-19(24(25)26)15-21(20)30(27,28)23-10-12-29-13-11-23/h2-5,8-9,15,18H,6-7,10-14H2,1H3. The largest absolute Gasteiger partial charge is 0.379 e. The molecule has 2 aromatic carbocycles. The summed E-state index contributed by atoms with van der Waals surface area (Å²) < 4.78 is 33.4. The third kappa shape index (κ3) is 3.92. The van der Waals surface area contributed by atoms with Gasteiger partial charge >= 0.3 is 0 Å². The molecule has 0 bridgehead atoms. The number of ether oxygens (including phenoxy) is 1. The quantitative estimate of drug-likeness (QED) is 0.534. The molecule has 0 radical (unpaired) electrons. The van der Waals surface area contributed by atoms with Crippen LogP contribution in [0.5, 0.6) is 0 Å². The van der Waals surface area contributed by atoms with Gasteiger partial charge in [-0.05, 0) is 36.5 Å². The number of anilines is 1. The van der Waals surface area contributed by atoms with E-state index in [4.69, 9.17) is 4.74 Å². The van der Waals surface area contributed by atoms with Crippen molar-refractivity contribution in [3.63, 3.8) is 0 Å². The Morgan fingerprint density at radius 3 is 2.53 bits per heavy atom. The minimum absolute atomic E-state index is 0.0139. The van der Waals surface area contributed by atoms with E-state index < -0.39 is 14.9 Å². The van der Waals surface area contributed by atoms with Gasteiger partial charge in [0.15, 0.2) is 0 Å². The molecular weight excluding hydrogens is 406 g/mol. The molecule has 8 nitrogen and oxygen atoms in total. The molecule has 2 aromatic rings. The number of morpholine rings is 1. The summed E-state index contributed by atoms with van der Waals surface area (Å²) in [4.78, 5) is 12.7. The maximum absolute atomic E-state index is 13.4. The lowest BCUT2D eigenvalue weighted by molar-refractivity contribution is -0.385. The number of nitro benzene ring substituents is 1. The number of sulfonamides is 1. The molecule has 0 saturated carbocycles. The van der Waals surface area contributed by atoms with Crippen molar-refractivity contribution < 1.29 is 18.1 Å². The second-order valence-electron chi connectivity index (χ2n) is 7.70. The highest BCUT2D eigenvalue weighted by molar-refractivity contribution is 7.89. The number of likely N-dealkylation sites (N-methyl/N-ethyl adjacent to an activating group) is 1. The first-order chi connectivity index (χ1) is 14.4. The van der Waals surface area contributed by atoms with E-state index in [-0.39, 0.29) is 29.7 Å². The number of non-ortho nitro benzene ring substituents is 1. The minimum atomic E-state index is -3.89. The van der Waals surface area contributed by atoms with Gasteiger partial charge < -0.3 is 9.64 Å². The Morgan fingerprint density at radius 1 is 1.13 bits per heavy atom. The maximum atomic E-state index is 13.4. The van der Waals surface area contributed by atoms with Gasteiger partial charge in [0.05, 0.1) is 23.8 Å². The van der Waals surface area contributed by atoms with Gasteiger partial charge in [-0.2, -0.15) is 4.31 Å². The average Bonchev–Trinajstić information content (AvgIpc) is 2.78. The molecule has 0 spiro atoms. The monoisotopic (exact) mass is 431 g/mol. The van der Waals surface area contributed by atoms with E-state index in [1.165, 1.54) is 27.6 Å². The van der Waals surface area contributed by atoms with Crippen molar-refractivity contribution >= 4 is 21.4 Å². The normalized spacial score (nSPS) is 19.8. The number of rotatable bonds is 5. The number of hydrogen-bond donors (Lipinski definition) is 0. The summed E-state index contributed by atoms with van der Waals surface area (Å²) in [5.74, 6) is 0. The van der Waals surface area contributed by atoms with Crippen LogP contribution in [0.25, 0.3) is 0 Å². The summed E-state index contributed by atoms with van der Waals surface area (Å²) in [5.41, 5.74) is 2.86. The van der Waals surface area contributed by atoms with Crippen LogP contribution >= 0.6 is 0 Å². The highest BCUT2D eigenvalue weighted by Crippen LogP contribution is 2.35. The smallest absolute Gasteiger partial charge is 0.270 e. The predicted octanol–water partition coefficient (Wildman–Crippen LogP) is 2.61. The zero-order valence-corrected chi connectivity index (χ0v) is 17.7. The average molecular weight is 432 g/mol. The molecule has 2 aliphatic rings. The first-order valence-electron chi connectivity index (χ1n) is 10.0. The summed E-state index contributed by atoms with van der Waals surface area (Å²) >= 11 is 0. The van der Waals surface area contributed by atoms with Gasteiger partial charge in [0.1, 0.15) is 4.90 Å². The number of benzene rings is 2. The van der Waals surface area contributed by atoms with E-state index in [1.807, 2.05) is 24.1 Å². The van der Waals surface area contributed by atoms with E-state index >= 15 is 0 Å². The molecule has 1 saturated heterocycles. The molecule has 160 valence electrons. The SMILES string of the molecule is CN(c1ccc([N+](=O)[O-])cc1S(=O)(=O)N1CCOCC1)C1CCc2ccccc2C1. The molecule has 1 heterocycles. The predicted molar refractivity (Wildman–Crippen MR) is 113 cm³/mol. The number of hydrogen-bond acceptors (Lipinski definition) is 6. The summed E-state index contributed by atoms with van der Waals surface area (Å²) in [5, 5.41) is 11.3. The minimum Gasteiger partial charge on any atom is -0.379 e. The number of aryl methyl sites for hydroxylation is 1. The molecule has 0 aromatic heterocycles. The molecule has 9 heteroatoms. The van der Waals surface area contributed by atoms with Crippen LogP contribution in [0.4, 0.5) is 11.4 Å². The van der Waals surface area contributed by atoms with Crippen LogP contribution in [-0.2, 0) is 27.6 Å². The first kappa shape index (κ1) is 20.8. The molecule has 1 fully saturated rings. The molecule has 1 atom stereocenters. The van der Waals surface area contributed by atoms with Gasteiger partial charge in [0, 0.05) is 38.3 Å². The van der Waals surface area contributed by atoms with Crippen molar-refractivity contribution in [3.8, 4) is 0 Å². The van der Waals surface area contributed by atoms with Crippen LogP contribution in [0, 0.1) is 10.1 Å². The summed E-state index contributed by atoms with van der Waals surface area (Å²) in [6.07, 6.45) is 2.62. The van der Waals surface area contributed by atoms with Gasteiger partial charge in [-0.3, -0.25) is 10.1 Å². The van der Waals surface area contributed by atoms with E-state index in [0.29, 0.717) is 18.9 Å². The Labute approximate surface area is 176 Å². The molecule has 0 N–H and O–H groups in total. The fraction of sp³-hybridized carbons (Fsp3) is 0.429. The zero-order valence-electron chi connectivity index (χ0n) is 16.9. The molecule has 1 aliphatic heterocycles. The van der Waals surface area contributed by atoms with Gasteiger partial charge in [-0.15, -0.1) is 0 Å². The third-order valence-corrected chi connectivity index (χ3v) is 7.92. The van der Waals surface area contributed by atoms with E-state index in [9.17, 15) is 18.5 Å². The van der Waals surface area contributed by atoms with Crippen molar-refractivity contribution in [2.75, 3.05) is 38.3 Å². The highest BCUT2D eigenvalue weighted by Gasteiger charge is 2.33. The third-order valence-electron chi connectivity index (χ3n) is 5.99. The Bertz CT molecular complexity index is 1050. The summed E-state index contributed by atoms with van der Waals surface area (Å²) in [7, 11) is -2.01. The van der Waals surface area contributed by atoms with Crippen LogP contribution in [0.3, 0.4) is 0 Å². The van der Waals surface area contributed by atoms with Crippen LogP contribution in [0.2, 0.25) is 0 Å². The van der Waals surface area contributed by atoms with Gasteiger partial charge in [0.2, 0.25) is 10.0 Å². The number of nitro groups is 1. The molecule has 1 unspecified atom stereocenters. The second kappa shape index (κ2) is 8.33. The maximum Gasteiger partial charge on any atom is 0.270 e. The summed E-state index contributed by atoms with van der Waals surface area (Å²) in [6, 6.07) is 12.5. The van der Waals surface area contributed by atoms with Crippen molar-refractivity contribution in [1.82, 2.24) is 4.31 Å². The zero-order chi connectivity index (χ0) is 21.3. The van der Waals surface area contributed by atoms with Crippen molar-refractivity contribution in [3.05, 3.63) is 63.7 Å².